The van der Waals surface area contributed by atoms with E-state index in [2.05, 4.69) is 35.9 Å². The quantitative estimate of drug-likeness (QED) is 0.438. The number of hydrogen-bond donors (Lipinski definition) is 3. The van der Waals surface area contributed by atoms with Crippen LogP contribution in [0.5, 0.6) is 0 Å². The van der Waals surface area contributed by atoms with Gasteiger partial charge >= 0.3 is 5.76 Å². The minimum Gasteiger partial charge on any atom is -0.388 e. The first-order valence-corrected chi connectivity index (χ1v) is 9.78. The minimum absolute atomic E-state index is 0.221. The first-order valence-electron chi connectivity index (χ1n) is 8.99. The molecule has 3 N–H and O–H groups in total. The summed E-state index contributed by atoms with van der Waals surface area (Å²) in [5.41, 5.74) is 3.22. The number of anilines is 1. The lowest BCUT2D eigenvalue weighted by Gasteiger charge is -2.22. The van der Waals surface area contributed by atoms with Crippen LogP contribution in [0, 0.1) is 0 Å². The van der Waals surface area contributed by atoms with Crippen molar-refractivity contribution in [2.75, 3.05) is 5.32 Å². The molecule has 0 bridgehead atoms. The third kappa shape index (κ3) is 2.99. The van der Waals surface area contributed by atoms with Crippen LogP contribution in [0.25, 0.3) is 22.3 Å². The number of nitrogens with one attached hydrogen (secondary N) is 2. The summed E-state index contributed by atoms with van der Waals surface area (Å²) < 4.78 is 7.29. The highest BCUT2D eigenvalue weighted by atomic mass is 79.9. The highest BCUT2D eigenvalue weighted by Gasteiger charge is 2.25. The van der Waals surface area contributed by atoms with Gasteiger partial charge in [0, 0.05) is 27.5 Å². The molecule has 1 aliphatic rings. The Balaban J connectivity index is 1.57. The summed E-state index contributed by atoms with van der Waals surface area (Å²) in [5.74, 6) is -0.748. The van der Waals surface area contributed by atoms with Gasteiger partial charge in [0.2, 0.25) is 0 Å². The van der Waals surface area contributed by atoms with Crippen molar-refractivity contribution in [3.63, 3.8) is 0 Å². The smallest absolute Gasteiger partial charge is 0.388 e. The molecule has 29 heavy (non-hydrogen) atoms. The summed E-state index contributed by atoms with van der Waals surface area (Å²) in [6.07, 6.45) is 0.0178. The van der Waals surface area contributed by atoms with E-state index in [0.717, 1.165) is 20.9 Å². The standard InChI is InChI=1S/C20H15BrN4O4/c21-11-4-5-14(13(9-11)18-23-20(28)29-24-18)22-19(27)15-8-10-2-1-3-12-16(26)6-7-25(15)17(10)12/h1-5,8-9,16,26H,6-7H2,(H,22,27)(H,23,24,28). The maximum absolute atomic E-state index is 13.1. The second kappa shape index (κ2) is 6.71. The van der Waals surface area contributed by atoms with Gasteiger partial charge < -0.3 is 15.0 Å². The maximum atomic E-state index is 13.1. The number of benzene rings is 2. The van der Waals surface area contributed by atoms with Crippen molar-refractivity contribution in [1.29, 1.82) is 0 Å². The van der Waals surface area contributed by atoms with Gasteiger partial charge in [0.1, 0.15) is 5.69 Å². The highest BCUT2D eigenvalue weighted by Crippen LogP contribution is 2.35. The Morgan fingerprint density at radius 2 is 2.17 bits per heavy atom. The molecule has 1 atom stereocenters. The van der Waals surface area contributed by atoms with Crippen LogP contribution in [0.15, 0.2) is 56.3 Å². The van der Waals surface area contributed by atoms with E-state index in [0.29, 0.717) is 29.9 Å². The van der Waals surface area contributed by atoms with Crippen LogP contribution in [0.3, 0.4) is 0 Å². The van der Waals surface area contributed by atoms with Crippen molar-refractivity contribution >= 4 is 38.4 Å². The second-order valence-corrected chi connectivity index (χ2v) is 7.77. The van der Waals surface area contributed by atoms with E-state index in [-0.39, 0.29) is 11.7 Å². The highest BCUT2D eigenvalue weighted by molar-refractivity contribution is 9.10. The Kier molecular flexibility index (Phi) is 4.14. The van der Waals surface area contributed by atoms with Gasteiger partial charge in [-0.2, -0.15) is 0 Å². The van der Waals surface area contributed by atoms with Crippen LogP contribution in [0.4, 0.5) is 5.69 Å². The summed E-state index contributed by atoms with van der Waals surface area (Å²) in [6.45, 7) is 0.550. The molecule has 2 aromatic carbocycles. The molecule has 0 spiro atoms. The summed E-state index contributed by atoms with van der Waals surface area (Å²) in [7, 11) is 0. The molecule has 9 heteroatoms. The average molecular weight is 455 g/mol. The zero-order valence-corrected chi connectivity index (χ0v) is 16.6. The van der Waals surface area contributed by atoms with Crippen molar-refractivity contribution in [2.45, 2.75) is 19.1 Å². The predicted molar refractivity (Wildman–Crippen MR) is 110 cm³/mol. The van der Waals surface area contributed by atoms with E-state index in [4.69, 9.17) is 0 Å². The number of aliphatic hydroxyl groups excluding tert-OH is 1. The fraction of sp³-hybridized carbons (Fsp3) is 0.150. The fourth-order valence-electron chi connectivity index (χ4n) is 3.80. The van der Waals surface area contributed by atoms with Crippen molar-refractivity contribution in [3.8, 4) is 11.4 Å². The second-order valence-electron chi connectivity index (χ2n) is 6.86. The third-order valence-electron chi connectivity index (χ3n) is 5.09. The van der Waals surface area contributed by atoms with Crippen LogP contribution >= 0.6 is 15.9 Å². The molecule has 8 nitrogen and oxygen atoms in total. The first-order chi connectivity index (χ1) is 14.0. The Morgan fingerprint density at radius 1 is 1.31 bits per heavy atom. The largest absolute Gasteiger partial charge is 0.439 e. The number of halogens is 1. The van der Waals surface area contributed by atoms with Crippen molar-refractivity contribution < 1.29 is 14.4 Å². The van der Waals surface area contributed by atoms with Gasteiger partial charge in [-0.25, -0.2) is 4.79 Å². The molecule has 4 aromatic rings. The SMILES string of the molecule is O=C(Nc1ccc(Br)cc1-c1noc(=O)[nH]1)c1cc2cccc3c2n1CCC3O. The molecule has 0 radical (unpaired) electrons. The number of aryl methyl sites for hydroxylation is 1. The Hall–Kier alpha value is -3.17. The molecule has 3 heterocycles. The van der Waals surface area contributed by atoms with Gasteiger partial charge in [-0.1, -0.05) is 39.3 Å². The van der Waals surface area contributed by atoms with Gasteiger partial charge in [0.25, 0.3) is 5.91 Å². The van der Waals surface area contributed by atoms with Gasteiger partial charge in [-0.15, -0.1) is 0 Å². The molecular formula is C20H15BrN4O4. The zero-order valence-electron chi connectivity index (χ0n) is 15.0. The Labute approximate surface area is 172 Å². The Bertz CT molecular complexity index is 1320. The number of amides is 1. The molecule has 1 unspecified atom stereocenters. The monoisotopic (exact) mass is 454 g/mol. The third-order valence-corrected chi connectivity index (χ3v) is 5.59. The van der Waals surface area contributed by atoms with E-state index in [1.165, 1.54) is 0 Å². The molecule has 5 rings (SSSR count). The lowest BCUT2D eigenvalue weighted by molar-refractivity contribution is 0.101. The number of carbonyl (C=O) groups excluding carboxylic acids is 1. The molecule has 0 saturated heterocycles. The van der Waals surface area contributed by atoms with Crippen molar-refractivity contribution in [3.05, 3.63) is 68.7 Å². The number of H-pyrrole nitrogens is 1. The van der Waals surface area contributed by atoms with E-state index in [9.17, 15) is 14.7 Å². The van der Waals surface area contributed by atoms with E-state index < -0.39 is 11.9 Å². The predicted octanol–water partition coefficient (Wildman–Crippen LogP) is 3.44. The molecule has 146 valence electrons. The van der Waals surface area contributed by atoms with Crippen molar-refractivity contribution in [2.24, 2.45) is 0 Å². The minimum atomic E-state index is -0.675. The molecule has 0 fully saturated rings. The summed E-state index contributed by atoms with van der Waals surface area (Å²) in [4.78, 5) is 27.0. The lowest BCUT2D eigenvalue weighted by Crippen LogP contribution is -2.21. The van der Waals surface area contributed by atoms with E-state index in [1.54, 1.807) is 18.2 Å². The number of hydrogen-bond acceptors (Lipinski definition) is 5. The maximum Gasteiger partial charge on any atom is 0.439 e. The van der Waals surface area contributed by atoms with Crippen molar-refractivity contribution in [1.82, 2.24) is 14.7 Å². The normalized spacial score (nSPS) is 15.6. The number of nitrogens with zero attached hydrogens (tertiary/aromatic N) is 2. The topological polar surface area (TPSA) is 113 Å². The van der Waals surface area contributed by atoms with Crippen LogP contribution < -0.4 is 11.1 Å². The number of rotatable bonds is 3. The average Bonchev–Trinajstić information content (AvgIpc) is 3.31. The summed E-state index contributed by atoms with van der Waals surface area (Å²) >= 11 is 3.39. The molecule has 1 amide bonds. The first kappa shape index (κ1) is 17.9. The number of para-hydroxylation sites is 1. The van der Waals surface area contributed by atoms with E-state index in [1.807, 2.05) is 28.8 Å². The molecule has 0 aliphatic carbocycles. The number of carbonyl (C=O) groups is 1. The zero-order chi connectivity index (χ0) is 20.1. The molecule has 2 aromatic heterocycles. The van der Waals surface area contributed by atoms with Gasteiger partial charge in [-0.05, 0) is 30.7 Å². The van der Waals surface area contributed by atoms with Crippen LogP contribution in [-0.4, -0.2) is 25.7 Å². The van der Waals surface area contributed by atoms with Crippen LogP contribution in [0.1, 0.15) is 28.6 Å². The molecule has 1 aliphatic heterocycles. The van der Waals surface area contributed by atoms with E-state index >= 15 is 0 Å². The fourth-order valence-corrected chi connectivity index (χ4v) is 4.16. The Morgan fingerprint density at radius 3 is 2.97 bits per heavy atom. The number of aromatic amines is 1. The van der Waals surface area contributed by atoms with Gasteiger partial charge in [-0.3, -0.25) is 14.3 Å². The lowest BCUT2D eigenvalue weighted by atomic mass is 10.0. The van der Waals surface area contributed by atoms with Gasteiger partial charge in [0.15, 0.2) is 5.82 Å². The van der Waals surface area contributed by atoms with Gasteiger partial charge in [0.05, 0.1) is 17.3 Å². The molecule has 0 saturated carbocycles. The van der Waals surface area contributed by atoms with Crippen LogP contribution in [0.2, 0.25) is 0 Å². The molecular weight excluding hydrogens is 440 g/mol. The number of aliphatic hydroxyl groups is 1. The summed E-state index contributed by atoms with van der Waals surface area (Å²) in [5, 5.41) is 17.8. The summed E-state index contributed by atoms with van der Waals surface area (Å²) in [6, 6.07) is 12.8. The number of aromatic nitrogens is 3. The van der Waals surface area contributed by atoms with Crippen LogP contribution in [-0.2, 0) is 6.54 Å².